The van der Waals surface area contributed by atoms with E-state index >= 15 is 0 Å². The van der Waals surface area contributed by atoms with Crippen LogP contribution in [0.3, 0.4) is 0 Å². The first kappa shape index (κ1) is 16.0. The molecule has 0 bridgehead atoms. The Bertz CT molecular complexity index is 533. The minimum Gasteiger partial charge on any atom is -0.480 e. The zero-order chi connectivity index (χ0) is 15.3. The SMILES string of the molecule is CC(C(=O)O)N(C)C(=O)CNC(=O)c1cccc(Cl)c1. The highest BCUT2D eigenvalue weighted by Gasteiger charge is 2.21. The lowest BCUT2D eigenvalue weighted by atomic mass is 10.2. The number of benzene rings is 1. The average Bonchev–Trinajstić information content (AvgIpc) is 2.42. The highest BCUT2D eigenvalue weighted by atomic mass is 35.5. The molecule has 2 N–H and O–H groups in total. The molecule has 0 aliphatic carbocycles. The minimum absolute atomic E-state index is 0.278. The number of amides is 2. The molecule has 1 aromatic carbocycles. The van der Waals surface area contributed by atoms with Gasteiger partial charge in [0.2, 0.25) is 5.91 Å². The van der Waals surface area contributed by atoms with Crippen molar-refractivity contribution >= 4 is 29.4 Å². The highest BCUT2D eigenvalue weighted by Crippen LogP contribution is 2.10. The molecule has 0 saturated carbocycles. The predicted molar refractivity (Wildman–Crippen MR) is 73.7 cm³/mol. The van der Waals surface area contributed by atoms with Crippen LogP contribution in [0.5, 0.6) is 0 Å². The Morgan fingerprint density at radius 1 is 1.40 bits per heavy atom. The summed E-state index contributed by atoms with van der Waals surface area (Å²) in [5.41, 5.74) is 0.333. The van der Waals surface area contributed by atoms with E-state index in [0.717, 1.165) is 4.90 Å². The molecule has 1 atom stereocenters. The second kappa shape index (κ2) is 6.91. The lowest BCUT2D eigenvalue weighted by Crippen LogP contribution is -2.45. The fourth-order valence-corrected chi connectivity index (χ4v) is 1.58. The molecule has 108 valence electrons. The number of hydrogen-bond donors (Lipinski definition) is 2. The third-order valence-corrected chi connectivity index (χ3v) is 3.05. The number of carbonyl (C=O) groups is 3. The molecule has 7 heteroatoms. The van der Waals surface area contributed by atoms with Crippen molar-refractivity contribution in [1.29, 1.82) is 0 Å². The molecule has 1 rings (SSSR count). The smallest absolute Gasteiger partial charge is 0.326 e. The largest absolute Gasteiger partial charge is 0.480 e. The van der Waals surface area contributed by atoms with Gasteiger partial charge in [-0.25, -0.2) is 4.79 Å². The number of rotatable bonds is 5. The number of carboxylic acid groups (broad SMARTS) is 1. The molecule has 2 amide bonds. The zero-order valence-corrected chi connectivity index (χ0v) is 11.8. The van der Waals surface area contributed by atoms with Gasteiger partial charge in [-0.1, -0.05) is 17.7 Å². The van der Waals surface area contributed by atoms with E-state index in [9.17, 15) is 14.4 Å². The van der Waals surface area contributed by atoms with Crippen LogP contribution in [0.4, 0.5) is 0 Å². The van der Waals surface area contributed by atoms with Crippen LogP contribution in [0.2, 0.25) is 5.02 Å². The maximum atomic E-state index is 11.8. The van der Waals surface area contributed by atoms with Gasteiger partial charge in [-0.2, -0.15) is 0 Å². The second-order valence-electron chi connectivity index (χ2n) is 4.21. The Labute approximate surface area is 121 Å². The first-order valence-corrected chi connectivity index (χ1v) is 6.23. The molecule has 0 saturated heterocycles. The highest BCUT2D eigenvalue weighted by molar-refractivity contribution is 6.30. The molecule has 0 aliphatic rings. The van der Waals surface area contributed by atoms with E-state index in [1.165, 1.54) is 20.0 Å². The van der Waals surface area contributed by atoms with Crippen molar-refractivity contribution in [1.82, 2.24) is 10.2 Å². The van der Waals surface area contributed by atoms with Crippen LogP contribution in [-0.4, -0.2) is 47.4 Å². The summed E-state index contributed by atoms with van der Waals surface area (Å²) in [6.45, 7) is 1.11. The molecule has 0 fully saturated rings. The molecular formula is C13H15ClN2O4. The molecule has 1 aromatic rings. The lowest BCUT2D eigenvalue weighted by Gasteiger charge is -2.21. The molecule has 0 aliphatic heterocycles. The molecular weight excluding hydrogens is 284 g/mol. The zero-order valence-electron chi connectivity index (χ0n) is 11.1. The fourth-order valence-electron chi connectivity index (χ4n) is 1.39. The Kier molecular flexibility index (Phi) is 5.52. The van der Waals surface area contributed by atoms with Crippen LogP contribution >= 0.6 is 11.6 Å². The summed E-state index contributed by atoms with van der Waals surface area (Å²) in [5, 5.41) is 11.6. The Morgan fingerprint density at radius 2 is 2.05 bits per heavy atom. The van der Waals surface area contributed by atoms with Crippen molar-refractivity contribution < 1.29 is 19.5 Å². The maximum Gasteiger partial charge on any atom is 0.326 e. The van der Waals surface area contributed by atoms with Gasteiger partial charge in [-0.05, 0) is 25.1 Å². The van der Waals surface area contributed by atoms with Crippen LogP contribution in [0.25, 0.3) is 0 Å². The number of carbonyl (C=O) groups excluding carboxylic acids is 2. The van der Waals surface area contributed by atoms with E-state index in [-0.39, 0.29) is 6.54 Å². The second-order valence-corrected chi connectivity index (χ2v) is 4.65. The number of aliphatic carboxylic acids is 1. The third kappa shape index (κ3) is 4.24. The standard InChI is InChI=1S/C13H15ClN2O4/c1-8(13(19)20)16(2)11(17)7-15-12(18)9-4-3-5-10(14)6-9/h3-6,8H,7H2,1-2H3,(H,15,18)(H,19,20). The van der Waals surface area contributed by atoms with Gasteiger partial charge in [0.05, 0.1) is 6.54 Å². The molecule has 0 aromatic heterocycles. The molecule has 0 spiro atoms. The molecule has 6 nitrogen and oxygen atoms in total. The summed E-state index contributed by atoms with van der Waals surface area (Å²) in [7, 11) is 1.37. The van der Waals surface area contributed by atoms with Crippen LogP contribution < -0.4 is 5.32 Å². The van der Waals surface area contributed by atoms with Gasteiger partial charge >= 0.3 is 5.97 Å². The lowest BCUT2D eigenvalue weighted by molar-refractivity contribution is -0.147. The summed E-state index contributed by atoms with van der Waals surface area (Å²) in [4.78, 5) is 35.3. The summed E-state index contributed by atoms with van der Waals surface area (Å²) >= 11 is 5.76. The summed E-state index contributed by atoms with van der Waals surface area (Å²) < 4.78 is 0. The Balaban J connectivity index is 2.57. The summed E-state index contributed by atoms with van der Waals surface area (Å²) in [6.07, 6.45) is 0. The van der Waals surface area contributed by atoms with E-state index in [2.05, 4.69) is 5.32 Å². The molecule has 1 unspecified atom stereocenters. The minimum atomic E-state index is -1.11. The van der Waals surface area contributed by atoms with Gasteiger partial charge in [-0.15, -0.1) is 0 Å². The van der Waals surface area contributed by atoms with Crippen molar-refractivity contribution in [3.63, 3.8) is 0 Å². The number of nitrogens with one attached hydrogen (secondary N) is 1. The predicted octanol–water partition coefficient (Wildman–Crippen LogP) is 1.00. The summed E-state index contributed by atoms with van der Waals surface area (Å²) in [5.74, 6) is -2.05. The Morgan fingerprint density at radius 3 is 2.60 bits per heavy atom. The van der Waals surface area contributed by atoms with Gasteiger partial charge in [-0.3, -0.25) is 9.59 Å². The number of nitrogens with zero attached hydrogens (tertiary/aromatic N) is 1. The van der Waals surface area contributed by atoms with Crippen molar-refractivity contribution in [2.24, 2.45) is 0 Å². The van der Waals surface area contributed by atoms with Crippen LogP contribution in [0, 0.1) is 0 Å². The number of hydrogen-bond acceptors (Lipinski definition) is 3. The van der Waals surface area contributed by atoms with Crippen molar-refractivity contribution in [3.05, 3.63) is 34.9 Å². The normalized spacial score (nSPS) is 11.6. The van der Waals surface area contributed by atoms with E-state index in [1.807, 2.05) is 0 Å². The van der Waals surface area contributed by atoms with Gasteiger partial charge in [0.1, 0.15) is 6.04 Å². The molecule has 0 radical (unpaired) electrons. The first-order chi connectivity index (χ1) is 9.32. The number of carboxylic acids is 1. The van der Waals surface area contributed by atoms with Gasteiger partial charge < -0.3 is 15.3 Å². The first-order valence-electron chi connectivity index (χ1n) is 5.85. The van der Waals surface area contributed by atoms with Gasteiger partial charge in [0.25, 0.3) is 5.91 Å². The molecule has 0 heterocycles. The topological polar surface area (TPSA) is 86.7 Å². The van der Waals surface area contributed by atoms with E-state index < -0.39 is 23.8 Å². The van der Waals surface area contributed by atoms with Gasteiger partial charge in [0.15, 0.2) is 0 Å². The van der Waals surface area contributed by atoms with Crippen LogP contribution in [0.15, 0.2) is 24.3 Å². The monoisotopic (exact) mass is 298 g/mol. The van der Waals surface area contributed by atoms with E-state index in [0.29, 0.717) is 10.6 Å². The van der Waals surface area contributed by atoms with E-state index in [1.54, 1.807) is 18.2 Å². The quantitative estimate of drug-likeness (QED) is 0.849. The van der Waals surface area contributed by atoms with Gasteiger partial charge in [0, 0.05) is 17.6 Å². The number of halogens is 1. The molecule has 20 heavy (non-hydrogen) atoms. The average molecular weight is 299 g/mol. The van der Waals surface area contributed by atoms with Crippen LogP contribution in [-0.2, 0) is 9.59 Å². The van der Waals surface area contributed by atoms with Crippen molar-refractivity contribution in [2.45, 2.75) is 13.0 Å². The fraction of sp³-hybridized carbons (Fsp3) is 0.308. The van der Waals surface area contributed by atoms with Crippen molar-refractivity contribution in [3.8, 4) is 0 Å². The summed E-state index contributed by atoms with van der Waals surface area (Å²) in [6, 6.07) is 5.34. The Hall–Kier alpha value is -2.08. The van der Waals surface area contributed by atoms with Crippen LogP contribution in [0.1, 0.15) is 17.3 Å². The van der Waals surface area contributed by atoms with Crippen molar-refractivity contribution in [2.75, 3.05) is 13.6 Å². The third-order valence-electron chi connectivity index (χ3n) is 2.82. The number of likely N-dealkylation sites (N-methyl/N-ethyl adjacent to an activating group) is 1. The van der Waals surface area contributed by atoms with E-state index in [4.69, 9.17) is 16.7 Å². The maximum absolute atomic E-state index is 11.8.